The summed E-state index contributed by atoms with van der Waals surface area (Å²) in [4.78, 5) is 53.5. The van der Waals surface area contributed by atoms with E-state index in [2.05, 4.69) is 32.7 Å². The Balaban J connectivity index is 1.01. The van der Waals surface area contributed by atoms with Gasteiger partial charge >= 0.3 is 12.1 Å². The zero-order chi connectivity index (χ0) is 33.2. The van der Waals surface area contributed by atoms with Crippen molar-refractivity contribution >= 4 is 34.8 Å². The molecule has 0 aliphatic carbocycles. The van der Waals surface area contributed by atoms with Crippen molar-refractivity contribution in [2.45, 2.75) is 63.6 Å². The number of aryl methyl sites for hydroxylation is 2. The van der Waals surface area contributed by atoms with E-state index in [1.54, 1.807) is 11.2 Å². The van der Waals surface area contributed by atoms with Gasteiger partial charge in [0.2, 0.25) is 0 Å². The van der Waals surface area contributed by atoms with Gasteiger partial charge < -0.3 is 34.6 Å². The van der Waals surface area contributed by atoms with Crippen LogP contribution in [0.15, 0.2) is 42.7 Å². The Kier molecular flexibility index (Phi) is 9.54. The lowest BCUT2D eigenvalue weighted by Crippen LogP contribution is -2.54. The molecule has 2 aromatic carbocycles. The molecule has 0 spiro atoms. The number of nitrogens with one attached hydrogen (secondary N) is 2. The Labute approximate surface area is 282 Å². The SMILES string of the molecule is Cc1cc(C[C@@H](OC(=O)N2CCC(N3CCc4ccccc4NC3=O)CC2)C(=O)N2CCC(N3CCNCC3)CC2)cc2ncn(C)c12. The van der Waals surface area contributed by atoms with Crippen LogP contribution in [0.2, 0.25) is 0 Å². The van der Waals surface area contributed by atoms with E-state index in [0.717, 1.165) is 78.9 Å². The van der Waals surface area contributed by atoms with E-state index in [9.17, 15) is 14.4 Å². The van der Waals surface area contributed by atoms with E-state index in [-0.39, 0.29) is 18.0 Å². The highest BCUT2D eigenvalue weighted by Gasteiger charge is 2.36. The molecule has 3 saturated heterocycles. The second-order valence-corrected chi connectivity index (χ2v) is 13.8. The van der Waals surface area contributed by atoms with Crippen LogP contribution in [0.5, 0.6) is 0 Å². The highest BCUT2D eigenvalue weighted by atomic mass is 16.6. The number of fused-ring (bicyclic) bond motifs is 2. The van der Waals surface area contributed by atoms with Gasteiger partial charge in [0.25, 0.3) is 5.91 Å². The summed E-state index contributed by atoms with van der Waals surface area (Å²) < 4.78 is 8.13. The third-order valence-corrected chi connectivity index (χ3v) is 10.8. The lowest BCUT2D eigenvalue weighted by Gasteiger charge is -2.41. The number of amides is 4. The van der Waals surface area contributed by atoms with Crippen LogP contribution >= 0.6 is 0 Å². The lowest BCUT2D eigenvalue weighted by atomic mass is 9.99. The number of ether oxygens (including phenoxy) is 1. The molecule has 0 unspecified atom stereocenters. The first-order valence-electron chi connectivity index (χ1n) is 17.6. The number of aromatic nitrogens is 2. The highest BCUT2D eigenvalue weighted by molar-refractivity contribution is 5.91. The maximum atomic E-state index is 14.1. The van der Waals surface area contributed by atoms with Crippen LogP contribution < -0.4 is 10.6 Å². The Hall–Kier alpha value is -4.16. The minimum absolute atomic E-state index is 0.0332. The normalized spacial score (nSPS) is 20.7. The molecule has 4 amide bonds. The Morgan fingerprint density at radius 2 is 1.65 bits per heavy atom. The Morgan fingerprint density at radius 1 is 0.938 bits per heavy atom. The van der Waals surface area contributed by atoms with Gasteiger partial charge in [-0.05, 0) is 67.9 Å². The van der Waals surface area contributed by atoms with E-state index in [1.807, 2.05) is 52.6 Å². The molecule has 256 valence electrons. The number of urea groups is 1. The lowest BCUT2D eigenvalue weighted by molar-refractivity contribution is -0.142. The van der Waals surface area contributed by atoms with Gasteiger partial charge in [-0.1, -0.05) is 24.3 Å². The summed E-state index contributed by atoms with van der Waals surface area (Å²) in [6.07, 6.45) is 4.65. The first-order valence-corrected chi connectivity index (χ1v) is 17.6. The number of piperidine rings is 2. The minimum atomic E-state index is -0.929. The average molecular weight is 657 g/mol. The second kappa shape index (κ2) is 14.1. The monoisotopic (exact) mass is 656 g/mol. The van der Waals surface area contributed by atoms with Crippen molar-refractivity contribution in [3.8, 4) is 0 Å². The number of carbonyl (C=O) groups excluding carboxylic acids is 3. The van der Waals surface area contributed by atoms with Gasteiger partial charge in [0.05, 0.1) is 17.4 Å². The zero-order valence-electron chi connectivity index (χ0n) is 28.2. The van der Waals surface area contributed by atoms with Crippen LogP contribution in [0.3, 0.4) is 0 Å². The Bertz CT molecular complexity index is 1640. The number of hydrogen-bond acceptors (Lipinski definition) is 7. The molecule has 48 heavy (non-hydrogen) atoms. The molecule has 0 bridgehead atoms. The van der Waals surface area contributed by atoms with E-state index in [0.29, 0.717) is 58.0 Å². The third-order valence-electron chi connectivity index (χ3n) is 10.8. The molecule has 4 aliphatic rings. The topological polar surface area (TPSA) is 115 Å². The molecule has 12 nitrogen and oxygen atoms in total. The molecule has 7 rings (SSSR count). The molecule has 0 saturated carbocycles. The number of hydrogen-bond donors (Lipinski definition) is 2. The van der Waals surface area contributed by atoms with Crippen LogP contribution in [0.4, 0.5) is 15.3 Å². The standard InChI is InChI=1S/C36H48N8O4/c1-25-21-26(22-31-33(25)40(2)24-38-31)23-32(34(45)42-14-8-28(9-15-42)41-19-12-37-13-20-41)48-36(47)43-16-10-29(11-17-43)44-18-7-27-5-3-4-6-30(27)39-35(44)46/h3-6,21-22,24,28-29,32,37H,7-20,23H2,1-2H3,(H,39,46)/t32-/m1/s1. The predicted octanol–water partition coefficient (Wildman–Crippen LogP) is 3.38. The van der Waals surface area contributed by atoms with E-state index >= 15 is 0 Å². The van der Waals surface area contributed by atoms with Crippen LogP contribution in [0.1, 0.15) is 42.4 Å². The number of para-hydroxylation sites is 1. The summed E-state index contributed by atoms with van der Waals surface area (Å²) in [5.74, 6) is -0.128. The second-order valence-electron chi connectivity index (χ2n) is 13.8. The molecule has 5 heterocycles. The summed E-state index contributed by atoms with van der Waals surface area (Å²) in [7, 11) is 1.97. The van der Waals surface area contributed by atoms with Gasteiger partial charge in [0.1, 0.15) is 0 Å². The van der Waals surface area contributed by atoms with E-state index in [4.69, 9.17) is 4.74 Å². The van der Waals surface area contributed by atoms with Crippen LogP contribution in [-0.4, -0.2) is 124 Å². The molecule has 1 atom stereocenters. The van der Waals surface area contributed by atoms with Gasteiger partial charge in [0.15, 0.2) is 6.10 Å². The fourth-order valence-corrected chi connectivity index (χ4v) is 8.11. The fraction of sp³-hybridized carbons (Fsp3) is 0.556. The van der Waals surface area contributed by atoms with E-state index < -0.39 is 12.2 Å². The highest BCUT2D eigenvalue weighted by Crippen LogP contribution is 2.26. The summed E-state index contributed by atoms with van der Waals surface area (Å²) >= 11 is 0. The van der Waals surface area contributed by atoms with Crippen molar-refractivity contribution in [2.24, 2.45) is 7.05 Å². The molecular formula is C36H48N8O4. The largest absolute Gasteiger partial charge is 0.436 e. The summed E-state index contributed by atoms with van der Waals surface area (Å²) in [5, 5.41) is 6.49. The molecule has 12 heteroatoms. The van der Waals surface area contributed by atoms with Gasteiger partial charge in [-0.3, -0.25) is 9.69 Å². The molecule has 3 aromatic rings. The van der Waals surface area contributed by atoms with Crippen LogP contribution in [-0.2, 0) is 29.4 Å². The molecule has 1 aromatic heterocycles. The van der Waals surface area contributed by atoms with Crippen molar-refractivity contribution in [3.63, 3.8) is 0 Å². The summed E-state index contributed by atoms with van der Waals surface area (Å²) in [6, 6.07) is 12.4. The van der Waals surface area contributed by atoms with Crippen molar-refractivity contribution < 1.29 is 19.1 Å². The number of rotatable bonds is 6. The summed E-state index contributed by atoms with van der Waals surface area (Å²) in [6.45, 7) is 9.04. The predicted molar refractivity (Wildman–Crippen MR) is 184 cm³/mol. The van der Waals surface area contributed by atoms with Crippen molar-refractivity contribution in [2.75, 3.05) is 64.2 Å². The minimum Gasteiger partial charge on any atom is -0.436 e. The molecule has 0 radical (unpaired) electrons. The van der Waals surface area contributed by atoms with Gasteiger partial charge in [-0.2, -0.15) is 0 Å². The number of piperazine rings is 1. The van der Waals surface area contributed by atoms with Gasteiger partial charge in [-0.25, -0.2) is 14.6 Å². The molecular weight excluding hydrogens is 608 g/mol. The number of anilines is 1. The smallest absolute Gasteiger partial charge is 0.410 e. The number of imidazole rings is 1. The molecule has 2 N–H and O–H groups in total. The van der Waals surface area contributed by atoms with Crippen LogP contribution in [0.25, 0.3) is 11.0 Å². The van der Waals surface area contributed by atoms with Crippen molar-refractivity contribution in [1.82, 2.24) is 34.5 Å². The third kappa shape index (κ3) is 6.86. The first kappa shape index (κ1) is 32.4. The zero-order valence-corrected chi connectivity index (χ0v) is 28.2. The first-order chi connectivity index (χ1) is 23.3. The molecule has 3 fully saturated rings. The number of carbonyl (C=O) groups is 3. The van der Waals surface area contributed by atoms with E-state index in [1.165, 1.54) is 0 Å². The van der Waals surface area contributed by atoms with Crippen LogP contribution in [0, 0.1) is 6.92 Å². The summed E-state index contributed by atoms with van der Waals surface area (Å²) in [5.41, 5.74) is 5.91. The van der Waals surface area contributed by atoms with Crippen molar-refractivity contribution in [3.05, 3.63) is 59.4 Å². The fourth-order valence-electron chi connectivity index (χ4n) is 8.11. The Morgan fingerprint density at radius 3 is 2.42 bits per heavy atom. The maximum absolute atomic E-state index is 14.1. The number of nitrogens with zero attached hydrogens (tertiary/aromatic N) is 6. The van der Waals surface area contributed by atoms with Gasteiger partial charge in [-0.15, -0.1) is 0 Å². The molecule has 4 aliphatic heterocycles. The average Bonchev–Trinajstić information content (AvgIpc) is 3.40. The quantitative estimate of drug-likeness (QED) is 0.418. The van der Waals surface area contributed by atoms with Gasteiger partial charge in [0, 0.05) is 90.1 Å². The maximum Gasteiger partial charge on any atom is 0.410 e. The number of likely N-dealkylation sites (tertiary alicyclic amines) is 2. The van der Waals surface area contributed by atoms with Crippen molar-refractivity contribution in [1.29, 1.82) is 0 Å². The number of benzene rings is 2.